The normalized spacial score (nSPS) is 22.8. The molecule has 0 aliphatic carbocycles. The summed E-state index contributed by atoms with van der Waals surface area (Å²) < 4.78 is 10.1. The van der Waals surface area contributed by atoms with Crippen molar-refractivity contribution in [3.05, 3.63) is 0 Å². The first-order chi connectivity index (χ1) is 6.36. The van der Waals surface area contributed by atoms with Crippen molar-refractivity contribution in [2.75, 3.05) is 38.8 Å². The third kappa shape index (κ3) is 4.31. The van der Waals surface area contributed by atoms with E-state index in [1.807, 2.05) is 0 Å². The largest absolute Gasteiger partial charge is 0.355 e. The minimum atomic E-state index is -0.103. The van der Waals surface area contributed by atoms with Gasteiger partial charge in [0.15, 0.2) is 6.29 Å². The lowest BCUT2D eigenvalue weighted by Gasteiger charge is -2.15. The molecule has 13 heavy (non-hydrogen) atoms. The molecule has 78 valence electrons. The maximum Gasteiger partial charge on any atom is 0.169 e. The number of methoxy groups -OCH3 is 2. The van der Waals surface area contributed by atoms with Gasteiger partial charge in [0.25, 0.3) is 0 Å². The molecule has 1 unspecified atom stereocenters. The number of hydrogen-bond donors (Lipinski definition) is 1. The van der Waals surface area contributed by atoms with Crippen molar-refractivity contribution in [3.8, 4) is 0 Å². The second kappa shape index (κ2) is 6.65. The van der Waals surface area contributed by atoms with E-state index in [9.17, 15) is 0 Å². The lowest BCUT2D eigenvalue weighted by molar-refractivity contribution is -0.0989. The maximum atomic E-state index is 5.07. The third-order valence-corrected chi connectivity index (χ3v) is 3.53. The van der Waals surface area contributed by atoms with Crippen molar-refractivity contribution in [2.24, 2.45) is 5.92 Å². The van der Waals surface area contributed by atoms with Gasteiger partial charge in [0, 0.05) is 20.8 Å². The van der Waals surface area contributed by atoms with Gasteiger partial charge in [0.1, 0.15) is 0 Å². The molecule has 1 fully saturated rings. The smallest absolute Gasteiger partial charge is 0.169 e. The monoisotopic (exact) mass is 205 g/mol. The van der Waals surface area contributed by atoms with Gasteiger partial charge in [-0.1, -0.05) is 0 Å². The van der Waals surface area contributed by atoms with Gasteiger partial charge in [-0.05, 0) is 30.4 Å². The number of ether oxygens (including phenoxy) is 2. The average molecular weight is 205 g/mol. The topological polar surface area (TPSA) is 30.5 Å². The standard InChI is InChI=1S/C9H19NO2S/c1-11-9(12-2)6-10-5-8-3-4-13-7-8/h8-10H,3-7H2,1-2H3. The first-order valence-corrected chi connectivity index (χ1v) is 5.86. The van der Waals surface area contributed by atoms with E-state index in [2.05, 4.69) is 17.1 Å². The zero-order valence-corrected chi connectivity index (χ0v) is 9.23. The van der Waals surface area contributed by atoms with Gasteiger partial charge in [0.2, 0.25) is 0 Å². The summed E-state index contributed by atoms with van der Waals surface area (Å²) in [5.41, 5.74) is 0. The Balaban J connectivity index is 1.98. The molecule has 0 amide bonds. The van der Waals surface area contributed by atoms with E-state index in [0.29, 0.717) is 0 Å². The molecule has 0 radical (unpaired) electrons. The summed E-state index contributed by atoms with van der Waals surface area (Å²) in [5.74, 6) is 3.47. The molecule has 0 aromatic carbocycles. The van der Waals surface area contributed by atoms with Gasteiger partial charge in [-0.15, -0.1) is 0 Å². The Hall–Kier alpha value is 0.230. The summed E-state index contributed by atoms with van der Waals surface area (Å²) in [7, 11) is 3.34. The molecule has 0 spiro atoms. The average Bonchev–Trinajstić information content (AvgIpc) is 2.65. The highest BCUT2D eigenvalue weighted by atomic mass is 32.2. The van der Waals surface area contributed by atoms with E-state index >= 15 is 0 Å². The van der Waals surface area contributed by atoms with E-state index in [4.69, 9.17) is 9.47 Å². The Morgan fingerprint density at radius 1 is 1.46 bits per heavy atom. The molecular weight excluding hydrogens is 186 g/mol. The lowest BCUT2D eigenvalue weighted by Crippen LogP contribution is -2.33. The first-order valence-electron chi connectivity index (χ1n) is 4.71. The van der Waals surface area contributed by atoms with Gasteiger partial charge in [-0.3, -0.25) is 0 Å². The predicted molar refractivity (Wildman–Crippen MR) is 56.1 cm³/mol. The third-order valence-electron chi connectivity index (χ3n) is 2.29. The Morgan fingerprint density at radius 2 is 2.23 bits per heavy atom. The highest BCUT2D eigenvalue weighted by molar-refractivity contribution is 7.99. The highest BCUT2D eigenvalue weighted by Gasteiger charge is 2.15. The SMILES string of the molecule is COC(CNCC1CCSC1)OC. The lowest BCUT2D eigenvalue weighted by atomic mass is 10.1. The molecule has 0 saturated carbocycles. The van der Waals surface area contributed by atoms with Gasteiger partial charge < -0.3 is 14.8 Å². The van der Waals surface area contributed by atoms with Crippen molar-refractivity contribution in [3.63, 3.8) is 0 Å². The Kier molecular flexibility index (Phi) is 5.78. The molecule has 1 aliphatic rings. The summed E-state index contributed by atoms with van der Waals surface area (Å²) in [6.45, 7) is 1.88. The number of rotatable bonds is 6. The van der Waals surface area contributed by atoms with Crippen molar-refractivity contribution in [1.29, 1.82) is 0 Å². The second-order valence-corrected chi connectivity index (χ2v) is 4.44. The van der Waals surface area contributed by atoms with Crippen LogP contribution in [-0.2, 0) is 9.47 Å². The summed E-state index contributed by atoms with van der Waals surface area (Å²) in [6, 6.07) is 0. The number of nitrogens with one attached hydrogen (secondary N) is 1. The minimum Gasteiger partial charge on any atom is -0.355 e. The van der Waals surface area contributed by atoms with Crippen LogP contribution in [0, 0.1) is 5.92 Å². The van der Waals surface area contributed by atoms with Crippen LogP contribution in [0.25, 0.3) is 0 Å². The van der Waals surface area contributed by atoms with Crippen molar-refractivity contribution in [2.45, 2.75) is 12.7 Å². The van der Waals surface area contributed by atoms with Gasteiger partial charge in [-0.25, -0.2) is 0 Å². The van der Waals surface area contributed by atoms with Crippen LogP contribution >= 0.6 is 11.8 Å². The highest BCUT2D eigenvalue weighted by Crippen LogP contribution is 2.22. The Bertz CT molecular complexity index is 123. The van der Waals surface area contributed by atoms with Crippen LogP contribution in [0.2, 0.25) is 0 Å². The molecule has 1 saturated heterocycles. The molecule has 0 bridgehead atoms. The number of thioether (sulfide) groups is 1. The van der Waals surface area contributed by atoms with Crippen molar-refractivity contribution < 1.29 is 9.47 Å². The fourth-order valence-corrected chi connectivity index (χ4v) is 2.70. The predicted octanol–water partition coefficient (Wildman–Crippen LogP) is 0.948. The van der Waals surface area contributed by atoms with Crippen LogP contribution in [0.1, 0.15) is 6.42 Å². The van der Waals surface area contributed by atoms with Crippen LogP contribution in [0.15, 0.2) is 0 Å². The van der Waals surface area contributed by atoms with Gasteiger partial charge in [0.05, 0.1) is 0 Å². The fraction of sp³-hybridized carbons (Fsp3) is 1.00. The fourth-order valence-electron chi connectivity index (χ4n) is 1.41. The second-order valence-electron chi connectivity index (χ2n) is 3.29. The van der Waals surface area contributed by atoms with Crippen molar-refractivity contribution in [1.82, 2.24) is 5.32 Å². The molecule has 1 rings (SSSR count). The summed E-state index contributed by atoms with van der Waals surface area (Å²) in [4.78, 5) is 0. The van der Waals surface area contributed by atoms with Gasteiger partial charge in [-0.2, -0.15) is 11.8 Å². The molecule has 0 aromatic heterocycles. The van der Waals surface area contributed by atoms with Gasteiger partial charge >= 0.3 is 0 Å². The zero-order chi connectivity index (χ0) is 9.52. The van der Waals surface area contributed by atoms with E-state index in [1.165, 1.54) is 17.9 Å². The van der Waals surface area contributed by atoms with E-state index in [-0.39, 0.29) is 6.29 Å². The molecule has 1 atom stereocenters. The quantitative estimate of drug-likeness (QED) is 0.654. The molecule has 0 aromatic rings. The van der Waals surface area contributed by atoms with Crippen LogP contribution in [-0.4, -0.2) is 45.1 Å². The molecule has 1 N–H and O–H groups in total. The molecule has 1 aliphatic heterocycles. The van der Waals surface area contributed by atoms with E-state index < -0.39 is 0 Å². The summed E-state index contributed by atoms with van der Waals surface area (Å²) in [5, 5.41) is 3.37. The maximum absolute atomic E-state index is 5.07. The first kappa shape index (κ1) is 11.3. The molecular formula is C9H19NO2S. The van der Waals surface area contributed by atoms with Crippen molar-refractivity contribution >= 4 is 11.8 Å². The van der Waals surface area contributed by atoms with E-state index in [0.717, 1.165) is 19.0 Å². The molecule has 3 nitrogen and oxygen atoms in total. The summed E-state index contributed by atoms with van der Waals surface area (Å²) >= 11 is 2.05. The van der Waals surface area contributed by atoms with Crippen LogP contribution in [0.4, 0.5) is 0 Å². The van der Waals surface area contributed by atoms with E-state index in [1.54, 1.807) is 14.2 Å². The zero-order valence-electron chi connectivity index (χ0n) is 8.41. The Labute approximate surface area is 84.6 Å². The molecule has 4 heteroatoms. The van der Waals surface area contributed by atoms with Crippen LogP contribution in [0.3, 0.4) is 0 Å². The minimum absolute atomic E-state index is 0.103. The summed E-state index contributed by atoms with van der Waals surface area (Å²) in [6.07, 6.45) is 1.25. The van der Waals surface area contributed by atoms with Crippen LogP contribution in [0.5, 0.6) is 0 Å². The Morgan fingerprint density at radius 3 is 2.77 bits per heavy atom. The number of hydrogen-bond acceptors (Lipinski definition) is 4. The molecule has 1 heterocycles. The van der Waals surface area contributed by atoms with Crippen LogP contribution < -0.4 is 5.32 Å².